The van der Waals surface area contributed by atoms with Crippen molar-refractivity contribution in [2.24, 2.45) is 5.73 Å². The van der Waals surface area contributed by atoms with Gasteiger partial charge in [0.2, 0.25) is 5.78 Å². The molecule has 2 amide bonds. The highest BCUT2D eigenvalue weighted by atomic mass is 16.2. The standard InChI is InChI=1S/C24H24N4O3/c25-23(30)22(29)20(14-16-8-3-1-4-9-16)26-24(31)19-15-28(18-12-7-13-18)27-21(19)17-10-5-2-6-11-17/h1-6,8-11,15,18,20H,7,12-14H2,(H2,25,30)(H,26,31). The van der Waals surface area contributed by atoms with Crippen molar-refractivity contribution in [2.75, 3.05) is 0 Å². The van der Waals surface area contributed by atoms with E-state index in [-0.39, 0.29) is 12.5 Å². The molecular formula is C24H24N4O3. The van der Waals surface area contributed by atoms with E-state index in [0.29, 0.717) is 11.3 Å². The molecule has 158 valence electrons. The van der Waals surface area contributed by atoms with Gasteiger partial charge in [0, 0.05) is 18.2 Å². The van der Waals surface area contributed by atoms with Crippen LogP contribution in [-0.2, 0) is 16.0 Å². The van der Waals surface area contributed by atoms with E-state index in [4.69, 9.17) is 5.73 Å². The zero-order valence-electron chi connectivity index (χ0n) is 17.0. The number of nitrogens with two attached hydrogens (primary N) is 1. The summed E-state index contributed by atoms with van der Waals surface area (Å²) >= 11 is 0. The Hall–Kier alpha value is -3.74. The molecule has 0 spiro atoms. The molecule has 1 saturated carbocycles. The molecule has 0 saturated heterocycles. The van der Waals surface area contributed by atoms with E-state index in [1.165, 1.54) is 0 Å². The van der Waals surface area contributed by atoms with E-state index in [9.17, 15) is 14.4 Å². The summed E-state index contributed by atoms with van der Waals surface area (Å²) in [7, 11) is 0. The first-order valence-electron chi connectivity index (χ1n) is 10.4. The van der Waals surface area contributed by atoms with Gasteiger partial charge in [0.25, 0.3) is 11.8 Å². The van der Waals surface area contributed by atoms with Crippen molar-refractivity contribution in [2.45, 2.75) is 37.8 Å². The average molecular weight is 416 g/mol. The fourth-order valence-electron chi connectivity index (χ4n) is 3.67. The molecule has 0 radical (unpaired) electrons. The van der Waals surface area contributed by atoms with Gasteiger partial charge in [-0.2, -0.15) is 5.10 Å². The van der Waals surface area contributed by atoms with Gasteiger partial charge in [-0.3, -0.25) is 19.1 Å². The smallest absolute Gasteiger partial charge is 0.287 e. The Morgan fingerprint density at radius 2 is 1.68 bits per heavy atom. The summed E-state index contributed by atoms with van der Waals surface area (Å²) in [5, 5.41) is 7.39. The van der Waals surface area contributed by atoms with Gasteiger partial charge in [-0.1, -0.05) is 60.7 Å². The van der Waals surface area contributed by atoms with Gasteiger partial charge in [-0.25, -0.2) is 0 Å². The second-order valence-electron chi connectivity index (χ2n) is 7.77. The van der Waals surface area contributed by atoms with Crippen LogP contribution in [0.4, 0.5) is 0 Å². The number of nitrogens with one attached hydrogen (secondary N) is 1. The molecule has 1 unspecified atom stereocenters. The molecule has 3 aromatic rings. The number of carbonyl (C=O) groups is 3. The van der Waals surface area contributed by atoms with Crippen LogP contribution in [0.15, 0.2) is 66.9 Å². The highest BCUT2D eigenvalue weighted by molar-refractivity contribution is 6.38. The normalized spacial score (nSPS) is 14.5. The Balaban J connectivity index is 1.64. The van der Waals surface area contributed by atoms with Crippen LogP contribution in [0.25, 0.3) is 11.3 Å². The van der Waals surface area contributed by atoms with Crippen LogP contribution in [0.3, 0.4) is 0 Å². The Labute approximate surface area is 180 Å². The minimum Gasteiger partial charge on any atom is -0.363 e. The third-order valence-electron chi connectivity index (χ3n) is 5.62. The first-order valence-corrected chi connectivity index (χ1v) is 10.4. The minimum atomic E-state index is -1.07. The molecular weight excluding hydrogens is 392 g/mol. The SMILES string of the molecule is NC(=O)C(=O)C(Cc1ccccc1)NC(=O)c1cn(C2CCC2)nc1-c1ccccc1. The van der Waals surface area contributed by atoms with E-state index in [2.05, 4.69) is 10.4 Å². The van der Waals surface area contributed by atoms with Crippen LogP contribution < -0.4 is 11.1 Å². The number of ketones is 1. The number of Topliss-reactive ketones (excluding diaryl/α,β-unsaturated/α-hetero) is 1. The molecule has 1 heterocycles. The maximum Gasteiger partial charge on any atom is 0.287 e. The summed E-state index contributed by atoms with van der Waals surface area (Å²) in [5.74, 6) is -2.36. The van der Waals surface area contributed by atoms with Gasteiger partial charge in [0.15, 0.2) is 0 Å². The maximum absolute atomic E-state index is 13.2. The second-order valence-corrected chi connectivity index (χ2v) is 7.77. The zero-order chi connectivity index (χ0) is 21.8. The highest BCUT2D eigenvalue weighted by Crippen LogP contribution is 2.33. The Kier molecular flexibility index (Phi) is 5.93. The van der Waals surface area contributed by atoms with Crippen LogP contribution in [0.1, 0.15) is 41.2 Å². The van der Waals surface area contributed by atoms with Gasteiger partial charge in [0.05, 0.1) is 11.6 Å². The van der Waals surface area contributed by atoms with Crippen molar-refractivity contribution in [1.82, 2.24) is 15.1 Å². The summed E-state index contributed by atoms with van der Waals surface area (Å²) in [5.41, 5.74) is 7.79. The van der Waals surface area contributed by atoms with E-state index >= 15 is 0 Å². The maximum atomic E-state index is 13.2. The summed E-state index contributed by atoms with van der Waals surface area (Å²) in [6, 6.07) is 17.8. The number of rotatable bonds is 8. The average Bonchev–Trinajstić information content (AvgIpc) is 3.17. The number of carbonyl (C=O) groups excluding carboxylic acids is 3. The summed E-state index contributed by atoms with van der Waals surface area (Å²) in [6.45, 7) is 0. The molecule has 1 aliphatic carbocycles. The van der Waals surface area contributed by atoms with Crippen LogP contribution in [0.5, 0.6) is 0 Å². The molecule has 0 aliphatic heterocycles. The molecule has 0 bridgehead atoms. The number of primary amides is 1. The summed E-state index contributed by atoms with van der Waals surface area (Å²) in [4.78, 5) is 37.3. The van der Waals surface area contributed by atoms with Gasteiger partial charge < -0.3 is 11.1 Å². The quantitative estimate of drug-likeness (QED) is 0.551. The first-order chi connectivity index (χ1) is 15.0. The third kappa shape index (κ3) is 4.55. The van der Waals surface area contributed by atoms with Gasteiger partial charge >= 0.3 is 0 Å². The second kappa shape index (κ2) is 8.95. The summed E-state index contributed by atoms with van der Waals surface area (Å²) in [6.07, 6.45) is 5.09. The first kappa shape index (κ1) is 20.5. The fourth-order valence-corrected chi connectivity index (χ4v) is 3.67. The molecule has 2 aromatic carbocycles. The lowest BCUT2D eigenvalue weighted by atomic mass is 9.93. The van der Waals surface area contributed by atoms with Crippen LogP contribution in [0.2, 0.25) is 0 Å². The molecule has 31 heavy (non-hydrogen) atoms. The number of amides is 2. The number of hydrogen-bond acceptors (Lipinski definition) is 4. The topological polar surface area (TPSA) is 107 Å². The van der Waals surface area contributed by atoms with Crippen molar-refractivity contribution in [3.05, 3.63) is 78.0 Å². The van der Waals surface area contributed by atoms with Crippen LogP contribution in [0, 0.1) is 0 Å². The van der Waals surface area contributed by atoms with Gasteiger partial charge in [-0.05, 0) is 24.8 Å². The van der Waals surface area contributed by atoms with Crippen molar-refractivity contribution in [1.29, 1.82) is 0 Å². The molecule has 1 aliphatic rings. The van der Waals surface area contributed by atoms with E-state index in [1.54, 1.807) is 6.20 Å². The van der Waals surface area contributed by atoms with Crippen molar-refractivity contribution >= 4 is 17.6 Å². The largest absolute Gasteiger partial charge is 0.363 e. The molecule has 3 N–H and O–H groups in total. The number of benzene rings is 2. The predicted molar refractivity (Wildman–Crippen MR) is 116 cm³/mol. The van der Waals surface area contributed by atoms with Gasteiger partial charge in [0.1, 0.15) is 11.7 Å². The Morgan fingerprint density at radius 3 is 2.26 bits per heavy atom. The van der Waals surface area contributed by atoms with Crippen molar-refractivity contribution in [3.8, 4) is 11.3 Å². The van der Waals surface area contributed by atoms with Crippen LogP contribution >= 0.6 is 0 Å². The van der Waals surface area contributed by atoms with E-state index < -0.39 is 23.6 Å². The van der Waals surface area contributed by atoms with Gasteiger partial charge in [-0.15, -0.1) is 0 Å². The van der Waals surface area contributed by atoms with E-state index in [0.717, 1.165) is 30.4 Å². The van der Waals surface area contributed by atoms with E-state index in [1.807, 2.05) is 65.3 Å². The lowest BCUT2D eigenvalue weighted by Gasteiger charge is -2.25. The molecule has 4 rings (SSSR count). The third-order valence-corrected chi connectivity index (χ3v) is 5.62. The monoisotopic (exact) mass is 416 g/mol. The number of hydrogen-bond donors (Lipinski definition) is 2. The molecule has 1 atom stereocenters. The van der Waals surface area contributed by atoms with Crippen LogP contribution in [-0.4, -0.2) is 33.4 Å². The van der Waals surface area contributed by atoms with Crippen molar-refractivity contribution in [3.63, 3.8) is 0 Å². The molecule has 1 aromatic heterocycles. The molecule has 1 fully saturated rings. The molecule has 7 nitrogen and oxygen atoms in total. The summed E-state index contributed by atoms with van der Waals surface area (Å²) < 4.78 is 1.84. The highest BCUT2D eigenvalue weighted by Gasteiger charge is 2.29. The Morgan fingerprint density at radius 1 is 1.03 bits per heavy atom. The van der Waals surface area contributed by atoms with Crippen molar-refractivity contribution < 1.29 is 14.4 Å². The predicted octanol–water partition coefficient (Wildman–Crippen LogP) is 2.67. The minimum absolute atomic E-state index is 0.172. The fraction of sp³-hybridized carbons (Fsp3) is 0.250. The lowest BCUT2D eigenvalue weighted by molar-refractivity contribution is -0.137. The lowest BCUT2D eigenvalue weighted by Crippen LogP contribution is -2.47. The Bertz CT molecular complexity index is 1090. The molecule has 7 heteroatoms. The zero-order valence-corrected chi connectivity index (χ0v) is 17.0. The number of nitrogens with zero attached hydrogens (tertiary/aromatic N) is 2. The number of aromatic nitrogens is 2.